The predicted molar refractivity (Wildman–Crippen MR) is 48.4 cm³/mol. The number of hydrogen-bond donors (Lipinski definition) is 1. The Morgan fingerprint density at radius 1 is 1.64 bits per heavy atom. The Morgan fingerprint density at radius 3 is 3.07 bits per heavy atom. The van der Waals surface area contributed by atoms with Crippen LogP contribution < -0.4 is 0 Å². The zero-order valence-electron chi connectivity index (χ0n) is 7.79. The molecular weight excluding hydrogens is 182 g/mol. The van der Waals surface area contributed by atoms with E-state index in [-0.39, 0.29) is 0 Å². The van der Waals surface area contributed by atoms with Crippen LogP contribution in [-0.2, 0) is 13.5 Å². The van der Waals surface area contributed by atoms with Gasteiger partial charge in [-0.3, -0.25) is 4.68 Å². The quantitative estimate of drug-likeness (QED) is 0.778. The highest BCUT2D eigenvalue weighted by atomic mass is 16.3. The summed E-state index contributed by atoms with van der Waals surface area (Å²) < 4.78 is 6.47. The van der Waals surface area contributed by atoms with E-state index in [9.17, 15) is 5.11 Å². The Hall–Kier alpha value is -1.62. The fraction of sp³-hybridized carbons (Fsp3) is 0.333. The van der Waals surface area contributed by atoms with E-state index in [1.807, 2.05) is 6.07 Å². The molecule has 1 N–H and O–H groups in total. The van der Waals surface area contributed by atoms with Crippen molar-refractivity contribution < 1.29 is 9.52 Å². The van der Waals surface area contributed by atoms with Crippen LogP contribution in [0.5, 0.6) is 0 Å². The van der Waals surface area contributed by atoms with Crippen molar-refractivity contribution in [3.05, 3.63) is 36.0 Å². The number of rotatable bonds is 3. The molecule has 0 aliphatic rings. The lowest BCUT2D eigenvalue weighted by molar-refractivity contribution is 0.173. The van der Waals surface area contributed by atoms with Crippen LogP contribution >= 0.6 is 0 Å². The number of aliphatic hydroxyl groups excluding tert-OH is 1. The van der Waals surface area contributed by atoms with Gasteiger partial charge in [0.2, 0.25) is 0 Å². The maximum absolute atomic E-state index is 9.75. The Morgan fingerprint density at radius 2 is 2.50 bits per heavy atom. The first-order valence-corrected chi connectivity index (χ1v) is 4.31. The summed E-state index contributed by atoms with van der Waals surface area (Å²) in [6, 6.07) is 1.82. The Bertz CT molecular complexity index is 394. The molecule has 0 spiro atoms. The van der Waals surface area contributed by atoms with Crippen LogP contribution in [0, 0.1) is 0 Å². The van der Waals surface area contributed by atoms with Crippen LogP contribution in [0.25, 0.3) is 0 Å². The van der Waals surface area contributed by atoms with Gasteiger partial charge in [0, 0.05) is 13.5 Å². The first-order chi connectivity index (χ1) is 6.75. The molecule has 0 bridgehead atoms. The number of aromatic nitrogens is 3. The smallest absolute Gasteiger partial charge is 0.111 e. The van der Waals surface area contributed by atoms with E-state index in [1.165, 1.54) is 0 Å². The zero-order chi connectivity index (χ0) is 9.97. The second-order valence-electron chi connectivity index (χ2n) is 3.17. The molecule has 5 nitrogen and oxygen atoms in total. The predicted octanol–water partition coefficient (Wildman–Crippen LogP) is 0.684. The SMILES string of the molecule is Cn1cc(C(O)Cc2ccoc2)nn1. The summed E-state index contributed by atoms with van der Waals surface area (Å²) in [6.45, 7) is 0. The van der Waals surface area contributed by atoms with Crippen LogP contribution in [0.2, 0.25) is 0 Å². The molecule has 0 saturated carbocycles. The van der Waals surface area contributed by atoms with Crippen molar-refractivity contribution in [2.75, 3.05) is 0 Å². The van der Waals surface area contributed by atoms with E-state index >= 15 is 0 Å². The molecule has 1 unspecified atom stereocenters. The van der Waals surface area contributed by atoms with Crippen molar-refractivity contribution in [1.29, 1.82) is 0 Å². The standard InChI is InChI=1S/C9H11N3O2/c1-12-5-8(10-11-12)9(13)4-7-2-3-14-6-7/h2-3,5-6,9,13H,4H2,1H3. The molecular formula is C9H11N3O2. The van der Waals surface area contributed by atoms with Crippen LogP contribution in [0.1, 0.15) is 17.4 Å². The first-order valence-electron chi connectivity index (χ1n) is 4.31. The highest BCUT2D eigenvalue weighted by molar-refractivity contribution is 5.10. The number of aliphatic hydroxyl groups is 1. The van der Waals surface area contributed by atoms with E-state index in [2.05, 4.69) is 10.3 Å². The largest absolute Gasteiger partial charge is 0.472 e. The van der Waals surface area contributed by atoms with Crippen molar-refractivity contribution in [1.82, 2.24) is 15.0 Å². The fourth-order valence-electron chi connectivity index (χ4n) is 1.25. The summed E-state index contributed by atoms with van der Waals surface area (Å²) >= 11 is 0. The van der Waals surface area contributed by atoms with Crippen LogP contribution in [0.4, 0.5) is 0 Å². The molecule has 0 aliphatic carbocycles. The minimum Gasteiger partial charge on any atom is -0.472 e. The molecule has 0 aliphatic heterocycles. The number of hydrogen-bond acceptors (Lipinski definition) is 4. The lowest BCUT2D eigenvalue weighted by Crippen LogP contribution is -2.01. The molecule has 2 rings (SSSR count). The minimum atomic E-state index is -0.624. The van der Waals surface area contributed by atoms with Crippen molar-refractivity contribution in [3.63, 3.8) is 0 Å². The van der Waals surface area contributed by atoms with Crippen molar-refractivity contribution >= 4 is 0 Å². The summed E-state index contributed by atoms with van der Waals surface area (Å²) in [5.41, 5.74) is 1.52. The van der Waals surface area contributed by atoms with Gasteiger partial charge in [-0.2, -0.15) is 0 Å². The van der Waals surface area contributed by atoms with Gasteiger partial charge >= 0.3 is 0 Å². The maximum Gasteiger partial charge on any atom is 0.111 e. The minimum absolute atomic E-state index is 0.495. The van der Waals surface area contributed by atoms with E-state index in [1.54, 1.807) is 30.5 Å². The lowest BCUT2D eigenvalue weighted by atomic mass is 10.1. The summed E-state index contributed by atoms with van der Waals surface area (Å²) in [6.07, 6.45) is 4.76. The van der Waals surface area contributed by atoms with E-state index < -0.39 is 6.10 Å². The van der Waals surface area contributed by atoms with E-state index in [0.29, 0.717) is 12.1 Å². The molecule has 0 fully saturated rings. The van der Waals surface area contributed by atoms with Crippen LogP contribution in [-0.4, -0.2) is 20.1 Å². The Kier molecular flexibility index (Phi) is 2.32. The van der Waals surface area contributed by atoms with Gasteiger partial charge in [-0.25, -0.2) is 0 Å². The molecule has 2 aromatic heterocycles. The average Bonchev–Trinajstić information content (AvgIpc) is 2.75. The molecule has 2 aromatic rings. The lowest BCUT2D eigenvalue weighted by Gasteiger charge is -2.03. The van der Waals surface area contributed by atoms with Crippen molar-refractivity contribution in [3.8, 4) is 0 Å². The van der Waals surface area contributed by atoms with Gasteiger partial charge in [0.1, 0.15) is 11.8 Å². The molecule has 1 atom stereocenters. The Labute approximate surface area is 81.0 Å². The van der Waals surface area contributed by atoms with Gasteiger partial charge in [-0.05, 0) is 11.6 Å². The van der Waals surface area contributed by atoms with Gasteiger partial charge in [-0.1, -0.05) is 5.21 Å². The van der Waals surface area contributed by atoms with Gasteiger partial charge in [-0.15, -0.1) is 5.10 Å². The summed E-state index contributed by atoms with van der Waals surface area (Å²) in [7, 11) is 1.76. The third kappa shape index (κ3) is 1.82. The zero-order valence-corrected chi connectivity index (χ0v) is 7.79. The normalized spacial score (nSPS) is 13.0. The maximum atomic E-state index is 9.75. The van der Waals surface area contributed by atoms with Crippen LogP contribution in [0.15, 0.2) is 29.2 Å². The number of nitrogens with zero attached hydrogens (tertiary/aromatic N) is 3. The average molecular weight is 193 g/mol. The summed E-state index contributed by atoms with van der Waals surface area (Å²) in [4.78, 5) is 0. The van der Waals surface area contributed by atoms with E-state index in [4.69, 9.17) is 4.42 Å². The highest BCUT2D eigenvalue weighted by Crippen LogP contribution is 2.15. The molecule has 74 valence electrons. The second kappa shape index (κ2) is 3.63. The molecule has 5 heteroatoms. The van der Waals surface area contributed by atoms with Crippen molar-refractivity contribution in [2.24, 2.45) is 7.05 Å². The fourth-order valence-corrected chi connectivity index (χ4v) is 1.25. The molecule has 2 heterocycles. The van der Waals surface area contributed by atoms with Gasteiger partial charge in [0.05, 0.1) is 18.7 Å². The van der Waals surface area contributed by atoms with Gasteiger partial charge in [0.25, 0.3) is 0 Å². The molecule has 0 aromatic carbocycles. The molecule has 0 radical (unpaired) electrons. The number of aryl methyl sites for hydroxylation is 1. The van der Waals surface area contributed by atoms with Gasteiger partial charge < -0.3 is 9.52 Å². The monoisotopic (exact) mass is 193 g/mol. The van der Waals surface area contributed by atoms with Crippen LogP contribution in [0.3, 0.4) is 0 Å². The first kappa shape index (κ1) is 8.96. The van der Waals surface area contributed by atoms with E-state index in [0.717, 1.165) is 5.56 Å². The second-order valence-corrected chi connectivity index (χ2v) is 3.17. The van der Waals surface area contributed by atoms with Crippen molar-refractivity contribution in [2.45, 2.75) is 12.5 Å². The Balaban J connectivity index is 2.06. The molecule has 14 heavy (non-hydrogen) atoms. The van der Waals surface area contributed by atoms with Gasteiger partial charge in [0.15, 0.2) is 0 Å². The topological polar surface area (TPSA) is 64.1 Å². The third-order valence-corrected chi connectivity index (χ3v) is 1.97. The molecule has 0 amide bonds. The molecule has 0 saturated heterocycles. The third-order valence-electron chi connectivity index (χ3n) is 1.97. The summed E-state index contributed by atoms with van der Waals surface area (Å²) in [5, 5.41) is 17.3. The highest BCUT2D eigenvalue weighted by Gasteiger charge is 2.12. The summed E-state index contributed by atoms with van der Waals surface area (Å²) in [5.74, 6) is 0. The number of furan rings is 1.